The number of methoxy groups -OCH3 is 1. The zero-order chi connectivity index (χ0) is 13.0. The minimum Gasteiger partial charge on any atom is -0.469 e. The van der Waals surface area contributed by atoms with Gasteiger partial charge in [-0.3, -0.25) is 9.69 Å². The van der Waals surface area contributed by atoms with Gasteiger partial charge in [-0.05, 0) is 24.1 Å². The van der Waals surface area contributed by atoms with Crippen molar-refractivity contribution in [3.8, 4) is 0 Å². The van der Waals surface area contributed by atoms with Crippen molar-refractivity contribution >= 4 is 5.97 Å². The predicted octanol–water partition coefficient (Wildman–Crippen LogP) is 1.17. The number of benzene rings is 1. The molecule has 1 aromatic rings. The quantitative estimate of drug-likeness (QED) is 0.814. The van der Waals surface area contributed by atoms with Gasteiger partial charge in [0.25, 0.3) is 0 Å². The van der Waals surface area contributed by atoms with E-state index < -0.39 is 0 Å². The van der Waals surface area contributed by atoms with Gasteiger partial charge in [-0.15, -0.1) is 0 Å². The van der Waals surface area contributed by atoms with Gasteiger partial charge in [0.2, 0.25) is 0 Å². The van der Waals surface area contributed by atoms with Gasteiger partial charge in [-0.2, -0.15) is 0 Å². The van der Waals surface area contributed by atoms with Gasteiger partial charge in [0.1, 0.15) is 0 Å². The monoisotopic (exact) mass is 249 g/mol. The summed E-state index contributed by atoms with van der Waals surface area (Å²) in [6, 6.07) is 7.92. The fraction of sp³-hybridized carbons (Fsp3) is 0.500. The van der Waals surface area contributed by atoms with Crippen LogP contribution in [0.25, 0.3) is 0 Å². The Morgan fingerprint density at radius 2 is 2.06 bits per heavy atom. The average molecular weight is 249 g/mol. The number of ether oxygens (including phenoxy) is 1. The molecule has 0 spiro atoms. The molecule has 1 N–H and O–H groups in total. The largest absolute Gasteiger partial charge is 0.469 e. The van der Waals surface area contributed by atoms with Gasteiger partial charge in [0, 0.05) is 13.1 Å². The predicted molar refractivity (Wildman–Crippen MR) is 67.8 cm³/mol. The third-order valence-electron chi connectivity index (χ3n) is 3.42. The lowest BCUT2D eigenvalue weighted by atomic mass is 10.1. The Morgan fingerprint density at radius 1 is 1.39 bits per heavy atom. The number of likely N-dealkylation sites (tertiary alicyclic amines) is 1. The lowest BCUT2D eigenvalue weighted by molar-refractivity contribution is -0.144. The molecule has 18 heavy (non-hydrogen) atoms. The van der Waals surface area contributed by atoms with E-state index in [9.17, 15) is 4.79 Å². The van der Waals surface area contributed by atoms with Crippen molar-refractivity contribution in [1.29, 1.82) is 0 Å². The summed E-state index contributed by atoms with van der Waals surface area (Å²) in [5.74, 6) is -0.0835. The Hall–Kier alpha value is -1.39. The molecule has 0 bridgehead atoms. The number of hydrogen-bond acceptors (Lipinski definition) is 4. The highest BCUT2D eigenvalue weighted by molar-refractivity contribution is 5.72. The van der Waals surface area contributed by atoms with Crippen molar-refractivity contribution in [2.75, 3.05) is 20.2 Å². The van der Waals surface area contributed by atoms with E-state index in [-0.39, 0.29) is 18.5 Å². The number of aliphatic hydroxyl groups is 1. The first-order valence-electron chi connectivity index (χ1n) is 6.22. The van der Waals surface area contributed by atoms with E-state index in [1.807, 2.05) is 24.3 Å². The van der Waals surface area contributed by atoms with Gasteiger partial charge in [-0.1, -0.05) is 24.3 Å². The SMILES string of the molecule is COC(=O)C1CCN(Cc2ccc(CO)cc2)C1. The van der Waals surface area contributed by atoms with Gasteiger partial charge in [-0.25, -0.2) is 0 Å². The van der Waals surface area contributed by atoms with Crippen LogP contribution < -0.4 is 0 Å². The third kappa shape index (κ3) is 3.09. The molecule has 1 saturated heterocycles. The fourth-order valence-electron chi connectivity index (χ4n) is 2.34. The normalized spacial score (nSPS) is 20.0. The molecule has 0 radical (unpaired) electrons. The first-order chi connectivity index (χ1) is 8.72. The number of nitrogens with zero attached hydrogens (tertiary/aromatic N) is 1. The van der Waals surface area contributed by atoms with Crippen LogP contribution in [0.3, 0.4) is 0 Å². The lowest BCUT2D eigenvalue weighted by Gasteiger charge is -2.15. The minimum absolute atomic E-state index is 0.0201. The Kier molecular flexibility index (Phi) is 4.33. The van der Waals surface area contributed by atoms with Crippen molar-refractivity contribution in [3.05, 3.63) is 35.4 Å². The van der Waals surface area contributed by atoms with E-state index in [4.69, 9.17) is 9.84 Å². The fourth-order valence-corrected chi connectivity index (χ4v) is 2.34. The molecule has 0 aliphatic carbocycles. The Bertz CT molecular complexity index is 402. The van der Waals surface area contributed by atoms with Crippen LogP contribution in [0.2, 0.25) is 0 Å². The first kappa shape index (κ1) is 13.1. The highest BCUT2D eigenvalue weighted by Gasteiger charge is 2.28. The van der Waals surface area contributed by atoms with Crippen LogP contribution in [0, 0.1) is 5.92 Å². The molecule has 1 fully saturated rings. The zero-order valence-corrected chi connectivity index (χ0v) is 10.6. The Morgan fingerprint density at radius 3 is 2.67 bits per heavy atom. The average Bonchev–Trinajstić information content (AvgIpc) is 2.87. The number of carbonyl (C=O) groups is 1. The van der Waals surface area contributed by atoms with Gasteiger partial charge >= 0.3 is 5.97 Å². The molecular weight excluding hydrogens is 230 g/mol. The van der Waals surface area contributed by atoms with Gasteiger partial charge in [0.05, 0.1) is 19.6 Å². The molecule has 2 rings (SSSR count). The lowest BCUT2D eigenvalue weighted by Crippen LogP contribution is -2.23. The topological polar surface area (TPSA) is 49.8 Å². The van der Waals surface area contributed by atoms with Crippen LogP contribution >= 0.6 is 0 Å². The second kappa shape index (κ2) is 5.98. The van der Waals surface area contributed by atoms with Crippen LogP contribution in [-0.4, -0.2) is 36.2 Å². The molecule has 0 amide bonds. The minimum atomic E-state index is -0.104. The van der Waals surface area contributed by atoms with Gasteiger partial charge < -0.3 is 9.84 Å². The van der Waals surface area contributed by atoms with Crippen molar-refractivity contribution < 1.29 is 14.6 Å². The van der Waals surface area contributed by atoms with Crippen LogP contribution in [0.5, 0.6) is 0 Å². The van der Waals surface area contributed by atoms with E-state index in [1.165, 1.54) is 12.7 Å². The summed E-state index contributed by atoms with van der Waals surface area (Å²) in [7, 11) is 1.44. The van der Waals surface area contributed by atoms with E-state index in [0.717, 1.165) is 31.6 Å². The summed E-state index contributed by atoms with van der Waals surface area (Å²) in [6.07, 6.45) is 0.876. The van der Waals surface area contributed by atoms with Crippen LogP contribution in [-0.2, 0) is 22.7 Å². The number of aliphatic hydroxyl groups excluding tert-OH is 1. The third-order valence-corrected chi connectivity index (χ3v) is 3.42. The van der Waals surface area contributed by atoms with Crippen molar-refractivity contribution in [2.24, 2.45) is 5.92 Å². The Balaban J connectivity index is 1.89. The van der Waals surface area contributed by atoms with Crippen molar-refractivity contribution in [2.45, 2.75) is 19.6 Å². The molecular formula is C14H19NO3. The number of hydrogen-bond donors (Lipinski definition) is 1. The van der Waals surface area contributed by atoms with E-state index in [1.54, 1.807) is 0 Å². The summed E-state index contributed by atoms with van der Waals surface area (Å²) in [5, 5.41) is 8.97. The number of carbonyl (C=O) groups excluding carboxylic acids is 1. The molecule has 1 aromatic carbocycles. The van der Waals surface area contributed by atoms with Crippen molar-refractivity contribution in [3.63, 3.8) is 0 Å². The second-order valence-electron chi connectivity index (χ2n) is 4.72. The van der Waals surface area contributed by atoms with Crippen LogP contribution in [0.1, 0.15) is 17.5 Å². The molecule has 1 aliphatic heterocycles. The summed E-state index contributed by atoms with van der Waals surface area (Å²) in [5.41, 5.74) is 2.13. The molecule has 98 valence electrons. The number of esters is 1. The zero-order valence-electron chi connectivity index (χ0n) is 10.6. The standard InChI is InChI=1S/C14H19NO3/c1-18-14(17)13-6-7-15(9-13)8-11-2-4-12(10-16)5-3-11/h2-5,13,16H,6-10H2,1H3. The highest BCUT2D eigenvalue weighted by Crippen LogP contribution is 2.19. The molecule has 4 nitrogen and oxygen atoms in total. The maximum Gasteiger partial charge on any atom is 0.310 e. The van der Waals surface area contributed by atoms with Crippen LogP contribution in [0.4, 0.5) is 0 Å². The van der Waals surface area contributed by atoms with E-state index in [0.29, 0.717) is 0 Å². The van der Waals surface area contributed by atoms with Gasteiger partial charge in [0.15, 0.2) is 0 Å². The summed E-state index contributed by atoms with van der Waals surface area (Å²) >= 11 is 0. The van der Waals surface area contributed by atoms with Crippen LogP contribution in [0.15, 0.2) is 24.3 Å². The van der Waals surface area contributed by atoms with Crippen molar-refractivity contribution in [1.82, 2.24) is 4.90 Å². The second-order valence-corrected chi connectivity index (χ2v) is 4.72. The molecule has 1 atom stereocenters. The van der Waals surface area contributed by atoms with E-state index >= 15 is 0 Å². The number of rotatable bonds is 4. The molecule has 0 aromatic heterocycles. The highest BCUT2D eigenvalue weighted by atomic mass is 16.5. The summed E-state index contributed by atoms with van der Waals surface area (Å²) < 4.78 is 4.77. The summed E-state index contributed by atoms with van der Waals surface area (Å²) in [4.78, 5) is 13.7. The smallest absolute Gasteiger partial charge is 0.310 e. The maximum atomic E-state index is 11.4. The molecule has 0 saturated carbocycles. The summed E-state index contributed by atoms with van der Waals surface area (Å²) in [6.45, 7) is 2.63. The Labute approximate surface area is 107 Å². The molecule has 1 unspecified atom stereocenters. The molecule has 1 heterocycles. The maximum absolute atomic E-state index is 11.4. The van der Waals surface area contributed by atoms with E-state index in [2.05, 4.69) is 4.90 Å². The molecule has 1 aliphatic rings. The first-order valence-corrected chi connectivity index (χ1v) is 6.22. The molecule has 4 heteroatoms.